The zero-order valence-corrected chi connectivity index (χ0v) is 11.3. The number of aryl methyl sites for hydroxylation is 3. The molecular formula is C14H18N2S. The second kappa shape index (κ2) is 5.00. The van der Waals surface area contributed by atoms with Crippen molar-refractivity contribution < 1.29 is 0 Å². The van der Waals surface area contributed by atoms with Crippen molar-refractivity contribution in [1.82, 2.24) is 5.43 Å². The summed E-state index contributed by atoms with van der Waals surface area (Å²) in [6, 6.07) is 8.72. The number of nitrogens with two attached hydrogens (primary N) is 1. The number of nitrogens with one attached hydrogen (secondary N) is 1. The third-order valence-corrected chi connectivity index (χ3v) is 4.12. The molecule has 1 heterocycles. The predicted molar refractivity (Wildman–Crippen MR) is 74.1 cm³/mol. The Morgan fingerprint density at radius 1 is 1.12 bits per heavy atom. The summed E-state index contributed by atoms with van der Waals surface area (Å²) in [4.78, 5) is 1.25. The first-order chi connectivity index (χ1) is 8.13. The summed E-state index contributed by atoms with van der Waals surface area (Å²) in [5.74, 6) is 5.71. The van der Waals surface area contributed by atoms with E-state index in [1.165, 1.54) is 27.1 Å². The molecule has 0 aliphatic heterocycles. The lowest BCUT2D eigenvalue weighted by Crippen LogP contribution is -2.28. The number of hydrazine groups is 1. The molecule has 1 aromatic carbocycles. The normalized spacial score (nSPS) is 12.7. The average Bonchev–Trinajstić information content (AvgIpc) is 2.80. The van der Waals surface area contributed by atoms with E-state index in [0.29, 0.717) is 0 Å². The monoisotopic (exact) mass is 246 g/mol. The first-order valence-corrected chi connectivity index (χ1v) is 6.58. The highest BCUT2D eigenvalue weighted by Gasteiger charge is 2.16. The predicted octanol–water partition coefficient (Wildman–Crippen LogP) is 3.23. The molecule has 1 aromatic heterocycles. The van der Waals surface area contributed by atoms with Gasteiger partial charge in [-0.15, -0.1) is 11.3 Å². The minimum Gasteiger partial charge on any atom is -0.271 e. The maximum absolute atomic E-state index is 5.71. The molecule has 0 spiro atoms. The minimum absolute atomic E-state index is 0.0919. The topological polar surface area (TPSA) is 38.0 Å². The molecule has 90 valence electrons. The molecule has 1 atom stereocenters. The van der Waals surface area contributed by atoms with E-state index in [1.54, 1.807) is 11.3 Å². The van der Waals surface area contributed by atoms with E-state index in [2.05, 4.69) is 55.8 Å². The number of benzene rings is 1. The van der Waals surface area contributed by atoms with Gasteiger partial charge in [-0.25, -0.2) is 5.43 Å². The lowest BCUT2D eigenvalue weighted by Gasteiger charge is -2.19. The van der Waals surface area contributed by atoms with Gasteiger partial charge in [0.2, 0.25) is 0 Å². The van der Waals surface area contributed by atoms with Crippen LogP contribution in [0.5, 0.6) is 0 Å². The summed E-state index contributed by atoms with van der Waals surface area (Å²) in [6.07, 6.45) is 0. The van der Waals surface area contributed by atoms with Gasteiger partial charge >= 0.3 is 0 Å². The largest absolute Gasteiger partial charge is 0.271 e. The summed E-state index contributed by atoms with van der Waals surface area (Å²) < 4.78 is 0. The third kappa shape index (κ3) is 2.41. The SMILES string of the molecule is Cc1cc(C)c(C(NN)c2cccs2)cc1C. The summed E-state index contributed by atoms with van der Waals surface area (Å²) in [5.41, 5.74) is 8.10. The smallest absolute Gasteiger partial charge is 0.0805 e. The van der Waals surface area contributed by atoms with Crippen LogP contribution in [0.15, 0.2) is 29.6 Å². The van der Waals surface area contributed by atoms with Crippen LogP contribution in [0, 0.1) is 20.8 Å². The van der Waals surface area contributed by atoms with E-state index in [0.717, 1.165) is 0 Å². The van der Waals surface area contributed by atoms with Crippen LogP contribution >= 0.6 is 11.3 Å². The van der Waals surface area contributed by atoms with Gasteiger partial charge in [0.1, 0.15) is 0 Å². The Labute approximate surface area is 106 Å². The van der Waals surface area contributed by atoms with Crippen LogP contribution in [-0.4, -0.2) is 0 Å². The fourth-order valence-corrected chi connectivity index (χ4v) is 2.88. The Bertz CT molecular complexity index is 503. The molecule has 0 bridgehead atoms. The van der Waals surface area contributed by atoms with Crippen molar-refractivity contribution in [2.24, 2.45) is 5.84 Å². The summed E-state index contributed by atoms with van der Waals surface area (Å²) in [5, 5.41) is 2.08. The standard InChI is InChI=1S/C14H18N2S/c1-9-7-11(3)12(8-10(9)2)14(16-15)13-5-4-6-17-13/h4-8,14,16H,15H2,1-3H3. The highest BCUT2D eigenvalue weighted by molar-refractivity contribution is 7.10. The van der Waals surface area contributed by atoms with Crippen molar-refractivity contribution in [2.75, 3.05) is 0 Å². The zero-order chi connectivity index (χ0) is 12.4. The molecule has 2 aromatic rings. The molecule has 0 amide bonds. The lowest BCUT2D eigenvalue weighted by molar-refractivity contribution is 0.642. The van der Waals surface area contributed by atoms with Gasteiger partial charge in [0.25, 0.3) is 0 Å². The van der Waals surface area contributed by atoms with Crippen LogP contribution in [0.3, 0.4) is 0 Å². The summed E-state index contributed by atoms with van der Waals surface area (Å²) in [6.45, 7) is 6.42. The van der Waals surface area contributed by atoms with Crippen molar-refractivity contribution in [3.8, 4) is 0 Å². The van der Waals surface area contributed by atoms with E-state index in [4.69, 9.17) is 5.84 Å². The van der Waals surface area contributed by atoms with E-state index < -0.39 is 0 Å². The number of hydrogen-bond donors (Lipinski definition) is 2. The van der Waals surface area contributed by atoms with Crippen LogP contribution in [0.25, 0.3) is 0 Å². The van der Waals surface area contributed by atoms with Crippen molar-refractivity contribution >= 4 is 11.3 Å². The second-order valence-corrected chi connectivity index (χ2v) is 5.39. The molecule has 0 aliphatic carbocycles. The molecule has 0 fully saturated rings. The Kier molecular flexibility index (Phi) is 3.62. The first kappa shape index (κ1) is 12.3. The maximum atomic E-state index is 5.71. The van der Waals surface area contributed by atoms with Gasteiger partial charge in [-0.2, -0.15) is 0 Å². The fourth-order valence-electron chi connectivity index (χ4n) is 2.07. The summed E-state index contributed by atoms with van der Waals surface area (Å²) in [7, 11) is 0. The first-order valence-electron chi connectivity index (χ1n) is 5.70. The Hall–Kier alpha value is -1.16. The van der Waals surface area contributed by atoms with Crippen LogP contribution in [0.2, 0.25) is 0 Å². The number of thiophene rings is 1. The molecule has 0 saturated carbocycles. The number of hydrogen-bond acceptors (Lipinski definition) is 3. The minimum atomic E-state index is 0.0919. The molecule has 2 nitrogen and oxygen atoms in total. The zero-order valence-electron chi connectivity index (χ0n) is 10.4. The molecule has 17 heavy (non-hydrogen) atoms. The highest BCUT2D eigenvalue weighted by atomic mass is 32.1. The van der Waals surface area contributed by atoms with E-state index >= 15 is 0 Å². The molecule has 0 saturated heterocycles. The van der Waals surface area contributed by atoms with Crippen molar-refractivity contribution in [3.63, 3.8) is 0 Å². The van der Waals surface area contributed by atoms with Gasteiger partial charge in [0.15, 0.2) is 0 Å². The quantitative estimate of drug-likeness (QED) is 0.644. The van der Waals surface area contributed by atoms with Gasteiger partial charge < -0.3 is 0 Å². The molecule has 2 rings (SSSR count). The average molecular weight is 246 g/mol. The van der Waals surface area contributed by atoms with Crippen molar-refractivity contribution in [1.29, 1.82) is 0 Å². The fraction of sp³-hybridized carbons (Fsp3) is 0.286. The highest BCUT2D eigenvalue weighted by Crippen LogP contribution is 2.29. The molecule has 1 unspecified atom stereocenters. The Morgan fingerprint density at radius 3 is 2.41 bits per heavy atom. The van der Waals surface area contributed by atoms with Gasteiger partial charge in [0, 0.05) is 4.88 Å². The van der Waals surface area contributed by atoms with Crippen LogP contribution in [0.1, 0.15) is 33.2 Å². The van der Waals surface area contributed by atoms with Gasteiger partial charge in [-0.05, 0) is 54.5 Å². The van der Waals surface area contributed by atoms with Crippen LogP contribution in [0.4, 0.5) is 0 Å². The van der Waals surface area contributed by atoms with Crippen LogP contribution < -0.4 is 11.3 Å². The second-order valence-electron chi connectivity index (χ2n) is 4.41. The summed E-state index contributed by atoms with van der Waals surface area (Å²) >= 11 is 1.73. The maximum Gasteiger partial charge on any atom is 0.0805 e. The Morgan fingerprint density at radius 2 is 1.82 bits per heavy atom. The van der Waals surface area contributed by atoms with Crippen LogP contribution in [-0.2, 0) is 0 Å². The molecule has 3 heteroatoms. The third-order valence-electron chi connectivity index (χ3n) is 3.19. The Balaban J connectivity index is 2.48. The van der Waals surface area contributed by atoms with E-state index in [1.807, 2.05) is 0 Å². The van der Waals surface area contributed by atoms with E-state index in [-0.39, 0.29) is 6.04 Å². The molecule has 0 radical (unpaired) electrons. The molecule has 0 aliphatic rings. The van der Waals surface area contributed by atoms with Gasteiger partial charge in [-0.1, -0.05) is 18.2 Å². The molecular weight excluding hydrogens is 228 g/mol. The molecule has 3 N–H and O–H groups in total. The lowest BCUT2D eigenvalue weighted by atomic mass is 9.95. The van der Waals surface area contributed by atoms with Gasteiger partial charge in [0.05, 0.1) is 6.04 Å². The number of rotatable bonds is 3. The van der Waals surface area contributed by atoms with Gasteiger partial charge in [-0.3, -0.25) is 5.84 Å². The van der Waals surface area contributed by atoms with Crippen molar-refractivity contribution in [3.05, 3.63) is 56.8 Å². The van der Waals surface area contributed by atoms with E-state index in [9.17, 15) is 0 Å². The van der Waals surface area contributed by atoms with Crippen molar-refractivity contribution in [2.45, 2.75) is 26.8 Å².